The first-order chi connectivity index (χ1) is 33.3. The van der Waals surface area contributed by atoms with E-state index in [9.17, 15) is 30.3 Å². The van der Waals surface area contributed by atoms with Gasteiger partial charge in [-0.3, -0.25) is 4.79 Å². The average Bonchev–Trinajstić information content (AvgIpc) is 3.34. The number of carbonyl (C=O) groups is 1. The smallest absolute Gasteiger partial charge is 0.220 e. The fourth-order valence-corrected chi connectivity index (χ4v) is 8.90. The van der Waals surface area contributed by atoms with E-state index in [1.165, 1.54) is 154 Å². The highest BCUT2D eigenvalue weighted by atomic mass is 16.7. The molecule has 0 spiro atoms. The Hall–Kier alpha value is -2.11. The number of ether oxygens (including phenoxy) is 2. The second-order valence-electron chi connectivity index (χ2n) is 19.7. The second-order valence-corrected chi connectivity index (χ2v) is 19.7. The predicted molar refractivity (Wildman–Crippen MR) is 286 cm³/mol. The van der Waals surface area contributed by atoms with Crippen molar-refractivity contribution in [1.29, 1.82) is 0 Å². The lowest BCUT2D eigenvalue weighted by Gasteiger charge is -2.40. The molecule has 7 unspecified atom stereocenters. The maximum Gasteiger partial charge on any atom is 0.220 e. The van der Waals surface area contributed by atoms with Gasteiger partial charge in [-0.1, -0.05) is 248 Å². The van der Waals surface area contributed by atoms with Crippen molar-refractivity contribution < 1.29 is 39.8 Å². The first-order valence-electron chi connectivity index (χ1n) is 28.5. The van der Waals surface area contributed by atoms with Crippen LogP contribution in [0.25, 0.3) is 0 Å². The Morgan fingerprint density at radius 2 is 0.912 bits per heavy atom. The lowest BCUT2D eigenvalue weighted by molar-refractivity contribution is -0.302. The van der Waals surface area contributed by atoms with Crippen LogP contribution in [0.2, 0.25) is 0 Å². The molecule has 1 rings (SSSR count). The van der Waals surface area contributed by atoms with Gasteiger partial charge in [-0.2, -0.15) is 0 Å². The summed E-state index contributed by atoms with van der Waals surface area (Å²) in [4.78, 5) is 13.0. The molecule has 0 aromatic heterocycles. The van der Waals surface area contributed by atoms with E-state index in [0.29, 0.717) is 12.8 Å². The molecule has 9 nitrogen and oxygen atoms in total. The monoisotopic (exact) mass is 958 g/mol. The largest absolute Gasteiger partial charge is 0.394 e. The van der Waals surface area contributed by atoms with Crippen LogP contribution < -0.4 is 5.32 Å². The standard InChI is InChI=1S/C59H107NO8/c1-3-5-7-9-11-13-15-16-17-18-19-20-21-22-23-24-25-26-27-28-29-30-31-32-33-34-35-36-37-38-39-41-43-45-47-49-55(63)60-52(51-67-59-58(66)57(65)56(64)54(50-61)68-59)53(62)48-46-44-42-40-14-12-10-8-6-4-2/h5,7,11,13,16-17,19-20,22-23,52-54,56-59,61-62,64-66H,3-4,6,8-10,12,14-15,18,21,24-51H2,1-2H3,(H,60,63)/b7-5-,13-11-,17-16-,20-19-,23-22-. The van der Waals surface area contributed by atoms with Crippen LogP contribution in [0.4, 0.5) is 0 Å². The van der Waals surface area contributed by atoms with E-state index >= 15 is 0 Å². The number of carbonyl (C=O) groups excluding carboxylic acids is 1. The third-order valence-corrected chi connectivity index (χ3v) is 13.4. The molecule has 68 heavy (non-hydrogen) atoms. The van der Waals surface area contributed by atoms with Crippen molar-refractivity contribution in [1.82, 2.24) is 5.32 Å². The summed E-state index contributed by atoms with van der Waals surface area (Å²) in [5, 5.41) is 54.4. The Bertz CT molecular complexity index is 1250. The zero-order valence-corrected chi connectivity index (χ0v) is 43.9. The number of aliphatic hydroxyl groups is 5. The van der Waals surface area contributed by atoms with Crippen LogP contribution in [0.15, 0.2) is 60.8 Å². The lowest BCUT2D eigenvalue weighted by atomic mass is 9.99. The third kappa shape index (κ3) is 37.7. The van der Waals surface area contributed by atoms with Crippen LogP contribution >= 0.6 is 0 Å². The van der Waals surface area contributed by atoms with Crippen LogP contribution in [0, 0.1) is 0 Å². The van der Waals surface area contributed by atoms with Gasteiger partial charge in [0.15, 0.2) is 6.29 Å². The Balaban J connectivity index is 2.06. The second kappa shape index (κ2) is 48.5. The summed E-state index contributed by atoms with van der Waals surface area (Å²) in [6.07, 6.45) is 58.4. The molecule has 0 aliphatic carbocycles. The fourth-order valence-electron chi connectivity index (χ4n) is 8.90. The van der Waals surface area contributed by atoms with Gasteiger partial charge in [-0.25, -0.2) is 0 Å². The number of aliphatic hydroxyl groups excluding tert-OH is 5. The van der Waals surface area contributed by atoms with E-state index < -0.39 is 49.5 Å². The van der Waals surface area contributed by atoms with E-state index in [0.717, 1.165) is 70.6 Å². The molecule has 1 aliphatic rings. The summed E-state index contributed by atoms with van der Waals surface area (Å²) < 4.78 is 11.3. The summed E-state index contributed by atoms with van der Waals surface area (Å²) in [7, 11) is 0. The molecule has 1 aliphatic heterocycles. The van der Waals surface area contributed by atoms with Crippen LogP contribution in [0.5, 0.6) is 0 Å². The van der Waals surface area contributed by atoms with Crippen LogP contribution in [0.3, 0.4) is 0 Å². The van der Waals surface area contributed by atoms with Gasteiger partial charge < -0.3 is 40.3 Å². The molecule has 1 heterocycles. The molecule has 0 bridgehead atoms. The van der Waals surface area contributed by atoms with Gasteiger partial charge in [-0.05, 0) is 57.8 Å². The highest BCUT2D eigenvalue weighted by Crippen LogP contribution is 2.23. The Morgan fingerprint density at radius 1 is 0.515 bits per heavy atom. The zero-order valence-electron chi connectivity index (χ0n) is 43.9. The number of rotatable bonds is 48. The molecule has 7 atom stereocenters. The molecule has 0 saturated carbocycles. The number of hydrogen-bond acceptors (Lipinski definition) is 8. The van der Waals surface area contributed by atoms with Gasteiger partial charge in [0.1, 0.15) is 24.4 Å². The fraction of sp³-hybridized carbons (Fsp3) is 0.814. The lowest BCUT2D eigenvalue weighted by Crippen LogP contribution is -2.60. The number of amides is 1. The van der Waals surface area contributed by atoms with Gasteiger partial charge in [-0.15, -0.1) is 0 Å². The van der Waals surface area contributed by atoms with E-state index in [2.05, 4.69) is 79.9 Å². The third-order valence-electron chi connectivity index (χ3n) is 13.4. The zero-order chi connectivity index (χ0) is 49.4. The molecule has 1 saturated heterocycles. The maximum absolute atomic E-state index is 13.0. The normalized spacial score (nSPS) is 20.0. The number of unbranched alkanes of at least 4 members (excludes halogenated alkanes) is 28. The summed E-state index contributed by atoms with van der Waals surface area (Å²) in [6, 6.07) is -0.717. The minimum absolute atomic E-state index is 0.137. The predicted octanol–water partition coefficient (Wildman–Crippen LogP) is 13.9. The first kappa shape index (κ1) is 63.9. The Morgan fingerprint density at radius 3 is 1.35 bits per heavy atom. The topological polar surface area (TPSA) is 149 Å². The van der Waals surface area contributed by atoms with Crippen molar-refractivity contribution in [3.05, 3.63) is 60.8 Å². The quantitative estimate of drug-likeness (QED) is 0.0261. The molecule has 396 valence electrons. The van der Waals surface area contributed by atoms with Gasteiger partial charge in [0.2, 0.25) is 5.91 Å². The van der Waals surface area contributed by atoms with Crippen molar-refractivity contribution in [3.63, 3.8) is 0 Å². The molecular formula is C59H107NO8. The minimum Gasteiger partial charge on any atom is -0.394 e. The Kier molecular flexibility index (Phi) is 45.6. The van der Waals surface area contributed by atoms with Crippen LogP contribution in [-0.4, -0.2) is 87.5 Å². The van der Waals surface area contributed by atoms with Crippen molar-refractivity contribution in [3.8, 4) is 0 Å². The molecule has 1 amide bonds. The van der Waals surface area contributed by atoms with Gasteiger partial charge in [0.25, 0.3) is 0 Å². The van der Waals surface area contributed by atoms with Gasteiger partial charge in [0.05, 0.1) is 25.4 Å². The van der Waals surface area contributed by atoms with Gasteiger partial charge in [0, 0.05) is 6.42 Å². The van der Waals surface area contributed by atoms with Crippen molar-refractivity contribution in [2.45, 2.75) is 294 Å². The summed E-state index contributed by atoms with van der Waals surface area (Å²) in [5.41, 5.74) is 0. The molecule has 1 fully saturated rings. The first-order valence-corrected chi connectivity index (χ1v) is 28.5. The molecule has 9 heteroatoms. The molecule has 0 radical (unpaired) electrons. The summed E-state index contributed by atoms with van der Waals surface area (Å²) >= 11 is 0. The summed E-state index contributed by atoms with van der Waals surface area (Å²) in [6.45, 7) is 3.71. The number of allylic oxidation sites excluding steroid dienone is 10. The summed E-state index contributed by atoms with van der Waals surface area (Å²) in [5.74, 6) is -0.144. The van der Waals surface area contributed by atoms with Crippen molar-refractivity contribution in [2.24, 2.45) is 0 Å². The van der Waals surface area contributed by atoms with E-state index in [-0.39, 0.29) is 12.5 Å². The van der Waals surface area contributed by atoms with Crippen LogP contribution in [0.1, 0.15) is 251 Å². The van der Waals surface area contributed by atoms with E-state index in [1.54, 1.807) is 0 Å². The van der Waals surface area contributed by atoms with E-state index in [4.69, 9.17) is 9.47 Å². The highest BCUT2D eigenvalue weighted by molar-refractivity contribution is 5.76. The van der Waals surface area contributed by atoms with Crippen LogP contribution in [-0.2, 0) is 14.3 Å². The molecule has 0 aromatic rings. The Labute approximate surface area is 417 Å². The molecular weight excluding hydrogens is 851 g/mol. The number of nitrogens with one attached hydrogen (secondary N) is 1. The minimum atomic E-state index is -1.55. The van der Waals surface area contributed by atoms with Crippen molar-refractivity contribution >= 4 is 5.91 Å². The molecule has 6 N–H and O–H groups in total. The van der Waals surface area contributed by atoms with E-state index in [1.807, 2.05) is 0 Å². The average molecular weight is 959 g/mol. The highest BCUT2D eigenvalue weighted by Gasteiger charge is 2.44. The number of hydrogen-bond donors (Lipinski definition) is 6. The van der Waals surface area contributed by atoms with Gasteiger partial charge >= 0.3 is 0 Å². The van der Waals surface area contributed by atoms with Crippen molar-refractivity contribution in [2.75, 3.05) is 13.2 Å². The SMILES string of the molecule is CC/C=C\C/C=C\C/C=C\C/C=C\C/C=C\CCCCCCCCCCCCCCCCCCCCCC(=O)NC(COC1OC(CO)C(O)C(O)C1O)C(O)CCCCCCCCCCCC. The molecule has 0 aromatic carbocycles. The maximum atomic E-state index is 13.0.